The number of amides is 1. The normalized spacial score (nSPS) is 15.8. The number of rotatable bonds is 6. The second kappa shape index (κ2) is 7.44. The minimum absolute atomic E-state index is 0.0194. The Morgan fingerprint density at radius 2 is 1.88 bits per heavy atom. The number of nitrogens with one attached hydrogen (secondary N) is 1. The Labute approximate surface area is 98.9 Å². The lowest BCUT2D eigenvalue weighted by atomic mass is 10.0. The summed E-state index contributed by atoms with van der Waals surface area (Å²) < 4.78 is 0. The van der Waals surface area contributed by atoms with E-state index in [4.69, 9.17) is 0 Å². The summed E-state index contributed by atoms with van der Waals surface area (Å²) in [7, 11) is 0. The van der Waals surface area contributed by atoms with Gasteiger partial charge >= 0.3 is 0 Å². The van der Waals surface area contributed by atoms with E-state index in [2.05, 4.69) is 19.2 Å². The molecule has 0 heterocycles. The van der Waals surface area contributed by atoms with Gasteiger partial charge in [-0.1, -0.05) is 39.8 Å². The van der Waals surface area contributed by atoms with Crippen LogP contribution in [0, 0.1) is 11.8 Å². The molecule has 3 heteroatoms. The molecule has 0 aliphatic heterocycles. The topological polar surface area (TPSA) is 49.3 Å². The molecular formula is C13H25NO2. The molecule has 1 amide bonds. The monoisotopic (exact) mass is 227 g/mol. The summed E-state index contributed by atoms with van der Waals surface area (Å²) in [5, 5.41) is 12.5. The zero-order valence-corrected chi connectivity index (χ0v) is 11.0. The third kappa shape index (κ3) is 5.91. The second-order valence-electron chi connectivity index (χ2n) is 4.96. The van der Waals surface area contributed by atoms with E-state index < -0.39 is 6.10 Å². The van der Waals surface area contributed by atoms with Crippen LogP contribution < -0.4 is 5.32 Å². The van der Waals surface area contributed by atoms with E-state index in [1.54, 1.807) is 0 Å². The summed E-state index contributed by atoms with van der Waals surface area (Å²) in [4.78, 5) is 11.7. The highest BCUT2D eigenvalue weighted by atomic mass is 16.3. The summed E-state index contributed by atoms with van der Waals surface area (Å²) in [6.07, 6.45) is 3.86. The van der Waals surface area contributed by atoms with Crippen molar-refractivity contribution in [2.75, 3.05) is 0 Å². The maximum absolute atomic E-state index is 11.7. The van der Waals surface area contributed by atoms with Gasteiger partial charge < -0.3 is 10.4 Å². The van der Waals surface area contributed by atoms with Crippen molar-refractivity contribution in [3.05, 3.63) is 12.2 Å². The summed E-state index contributed by atoms with van der Waals surface area (Å²) in [6, 6.07) is 0.0194. The predicted octanol–water partition coefficient (Wildman–Crippen LogP) is 2.11. The smallest absolute Gasteiger partial charge is 0.249 e. The van der Waals surface area contributed by atoms with E-state index in [0.29, 0.717) is 5.92 Å². The van der Waals surface area contributed by atoms with Crippen LogP contribution in [0.15, 0.2) is 12.2 Å². The van der Waals surface area contributed by atoms with Crippen molar-refractivity contribution in [1.82, 2.24) is 5.32 Å². The molecule has 94 valence electrons. The average molecular weight is 227 g/mol. The van der Waals surface area contributed by atoms with Gasteiger partial charge in [0, 0.05) is 6.04 Å². The minimum Gasteiger partial charge on any atom is -0.383 e. The minimum atomic E-state index is -0.917. The number of aliphatic hydroxyl groups is 1. The summed E-state index contributed by atoms with van der Waals surface area (Å²) in [5.74, 6) is 0.182. The number of carbonyl (C=O) groups excluding carboxylic acids is 1. The zero-order valence-electron chi connectivity index (χ0n) is 11.0. The fourth-order valence-corrected chi connectivity index (χ4v) is 1.50. The highest BCUT2D eigenvalue weighted by molar-refractivity contribution is 5.81. The molecular weight excluding hydrogens is 202 g/mol. The van der Waals surface area contributed by atoms with E-state index in [0.717, 1.165) is 6.42 Å². The highest BCUT2D eigenvalue weighted by Gasteiger charge is 2.21. The molecule has 0 saturated heterocycles. The molecule has 0 aromatic rings. The van der Waals surface area contributed by atoms with Crippen molar-refractivity contribution in [1.29, 1.82) is 0 Å². The Morgan fingerprint density at radius 1 is 1.31 bits per heavy atom. The number of hydrogen-bond donors (Lipinski definition) is 2. The van der Waals surface area contributed by atoms with Gasteiger partial charge in [0.1, 0.15) is 6.10 Å². The van der Waals surface area contributed by atoms with Crippen molar-refractivity contribution in [2.24, 2.45) is 11.8 Å². The lowest BCUT2D eigenvalue weighted by molar-refractivity contribution is -0.131. The lowest BCUT2D eigenvalue weighted by Crippen LogP contribution is -2.43. The molecule has 0 rings (SSSR count). The van der Waals surface area contributed by atoms with Crippen LogP contribution in [0.4, 0.5) is 0 Å². The van der Waals surface area contributed by atoms with Crippen LogP contribution in [0.2, 0.25) is 0 Å². The van der Waals surface area contributed by atoms with Gasteiger partial charge in [0.2, 0.25) is 5.91 Å². The van der Waals surface area contributed by atoms with Crippen molar-refractivity contribution in [2.45, 2.75) is 53.2 Å². The first-order chi connectivity index (χ1) is 7.38. The largest absolute Gasteiger partial charge is 0.383 e. The number of carbonyl (C=O) groups is 1. The lowest BCUT2D eigenvalue weighted by Gasteiger charge is -2.20. The van der Waals surface area contributed by atoms with E-state index in [-0.39, 0.29) is 17.9 Å². The number of hydrogen-bond acceptors (Lipinski definition) is 2. The third-order valence-electron chi connectivity index (χ3n) is 2.38. The Morgan fingerprint density at radius 3 is 2.25 bits per heavy atom. The highest BCUT2D eigenvalue weighted by Crippen LogP contribution is 2.08. The molecule has 0 bridgehead atoms. The molecule has 0 aliphatic rings. The predicted molar refractivity (Wildman–Crippen MR) is 67.0 cm³/mol. The first-order valence-corrected chi connectivity index (χ1v) is 5.99. The third-order valence-corrected chi connectivity index (χ3v) is 2.38. The second-order valence-corrected chi connectivity index (χ2v) is 4.96. The molecule has 0 aromatic carbocycles. The van der Waals surface area contributed by atoms with Crippen LogP contribution in [-0.2, 0) is 4.79 Å². The van der Waals surface area contributed by atoms with Crippen LogP contribution >= 0.6 is 0 Å². The number of allylic oxidation sites excluding steroid dienone is 1. The van der Waals surface area contributed by atoms with Crippen LogP contribution in [0.5, 0.6) is 0 Å². The maximum atomic E-state index is 11.7. The van der Waals surface area contributed by atoms with Crippen molar-refractivity contribution in [3.63, 3.8) is 0 Å². The van der Waals surface area contributed by atoms with Gasteiger partial charge in [-0.25, -0.2) is 0 Å². The maximum Gasteiger partial charge on any atom is 0.249 e. The Balaban J connectivity index is 4.33. The molecule has 0 fully saturated rings. The van der Waals surface area contributed by atoms with E-state index >= 15 is 0 Å². The standard InChI is InChI=1S/C13H25NO2/c1-6-7-11(8-9(2)3)14-13(16)12(15)10(4)5/h6-7,9-12,15H,8H2,1-5H3,(H,14,16). The van der Waals surface area contributed by atoms with Crippen LogP contribution in [0.3, 0.4) is 0 Å². The van der Waals surface area contributed by atoms with Crippen LogP contribution in [0.25, 0.3) is 0 Å². The molecule has 2 atom stereocenters. The van der Waals surface area contributed by atoms with Gasteiger partial charge in [0.15, 0.2) is 0 Å². The summed E-state index contributed by atoms with van der Waals surface area (Å²) in [6.45, 7) is 9.82. The molecule has 3 nitrogen and oxygen atoms in total. The van der Waals surface area contributed by atoms with Gasteiger partial charge in [-0.3, -0.25) is 4.79 Å². The molecule has 16 heavy (non-hydrogen) atoms. The van der Waals surface area contributed by atoms with Crippen molar-refractivity contribution < 1.29 is 9.90 Å². The van der Waals surface area contributed by atoms with Gasteiger partial charge in [-0.15, -0.1) is 0 Å². The van der Waals surface area contributed by atoms with Gasteiger partial charge in [0.25, 0.3) is 0 Å². The Hall–Kier alpha value is -0.830. The quantitative estimate of drug-likeness (QED) is 0.683. The summed E-state index contributed by atoms with van der Waals surface area (Å²) in [5.41, 5.74) is 0. The van der Waals surface area contributed by atoms with Crippen molar-refractivity contribution in [3.8, 4) is 0 Å². The van der Waals surface area contributed by atoms with Gasteiger partial charge in [0.05, 0.1) is 0 Å². The molecule has 0 aliphatic carbocycles. The van der Waals surface area contributed by atoms with Crippen LogP contribution in [-0.4, -0.2) is 23.2 Å². The van der Waals surface area contributed by atoms with Crippen LogP contribution in [0.1, 0.15) is 41.0 Å². The average Bonchev–Trinajstić information content (AvgIpc) is 2.15. The molecule has 2 N–H and O–H groups in total. The fraction of sp³-hybridized carbons (Fsp3) is 0.769. The van der Waals surface area contributed by atoms with Gasteiger partial charge in [-0.2, -0.15) is 0 Å². The number of aliphatic hydroxyl groups excluding tert-OH is 1. The first-order valence-electron chi connectivity index (χ1n) is 5.99. The van der Waals surface area contributed by atoms with E-state index in [1.165, 1.54) is 0 Å². The Bertz CT molecular complexity index is 234. The SMILES string of the molecule is CC=CC(CC(C)C)NC(=O)C(O)C(C)C. The Kier molecular flexibility index (Phi) is 7.06. The molecule has 2 unspecified atom stereocenters. The van der Waals surface area contributed by atoms with Gasteiger partial charge in [-0.05, 0) is 25.2 Å². The molecule has 0 aromatic heterocycles. The molecule has 0 saturated carbocycles. The first kappa shape index (κ1) is 15.2. The zero-order chi connectivity index (χ0) is 12.7. The fourth-order valence-electron chi connectivity index (χ4n) is 1.50. The van der Waals surface area contributed by atoms with Crippen molar-refractivity contribution >= 4 is 5.91 Å². The van der Waals surface area contributed by atoms with E-state index in [1.807, 2.05) is 32.9 Å². The van der Waals surface area contributed by atoms with E-state index in [9.17, 15) is 9.90 Å². The molecule has 0 spiro atoms. The molecule has 0 radical (unpaired) electrons. The summed E-state index contributed by atoms with van der Waals surface area (Å²) >= 11 is 0.